The maximum atomic E-state index is 13.1. The molecule has 164 valence electrons. The zero-order chi connectivity index (χ0) is 22.1. The molecule has 2 aromatic heterocycles. The van der Waals surface area contributed by atoms with Gasteiger partial charge in [-0.05, 0) is 19.9 Å². The third kappa shape index (κ3) is 3.97. The van der Waals surface area contributed by atoms with E-state index in [0.29, 0.717) is 18.3 Å². The highest BCUT2D eigenvalue weighted by Crippen LogP contribution is 2.25. The second-order valence-electron chi connectivity index (χ2n) is 8.40. The molecule has 2 aromatic carbocycles. The number of carbonyl (C=O) groups is 1. The summed E-state index contributed by atoms with van der Waals surface area (Å²) in [6, 6.07) is 17.9. The molecule has 0 bridgehead atoms. The van der Waals surface area contributed by atoms with Crippen LogP contribution in [0.1, 0.15) is 34.9 Å². The summed E-state index contributed by atoms with van der Waals surface area (Å²) in [6.45, 7) is 7.87. The number of nitrogens with zero attached hydrogens (tertiary/aromatic N) is 4. The predicted molar refractivity (Wildman–Crippen MR) is 124 cm³/mol. The number of carbonyl (C=O) groups excluding carboxylic acids is 1. The third-order valence-corrected chi connectivity index (χ3v) is 6.33. The number of fused-ring (bicyclic) bond motifs is 1. The number of H-pyrrole nitrogens is 1. The van der Waals surface area contributed by atoms with Crippen molar-refractivity contribution in [2.45, 2.75) is 19.9 Å². The largest absolute Gasteiger partial charge is 0.358 e. The van der Waals surface area contributed by atoms with Crippen LogP contribution in [-0.4, -0.2) is 63.4 Å². The lowest BCUT2D eigenvalue weighted by atomic mass is 10.1. The van der Waals surface area contributed by atoms with Crippen molar-refractivity contribution in [3.63, 3.8) is 0 Å². The monoisotopic (exact) mass is 429 g/mol. The molecular formula is C25H27N5O2. The van der Waals surface area contributed by atoms with Gasteiger partial charge in [0.05, 0.1) is 12.6 Å². The average molecular weight is 430 g/mol. The summed E-state index contributed by atoms with van der Waals surface area (Å²) in [6.07, 6.45) is 0. The summed E-state index contributed by atoms with van der Waals surface area (Å²) in [4.78, 5) is 25.6. The normalized spacial score (nSPS) is 16.4. The lowest BCUT2D eigenvalue weighted by Crippen LogP contribution is -2.48. The summed E-state index contributed by atoms with van der Waals surface area (Å²) in [5, 5.41) is 5.15. The van der Waals surface area contributed by atoms with Crippen molar-refractivity contribution in [3.8, 4) is 11.4 Å². The summed E-state index contributed by atoms with van der Waals surface area (Å²) in [5.74, 6) is 1.42. The Bertz CT molecular complexity index is 1220. The molecule has 1 N–H and O–H groups in total. The Kier molecular flexibility index (Phi) is 5.59. The van der Waals surface area contributed by atoms with Crippen molar-refractivity contribution in [1.29, 1.82) is 0 Å². The Morgan fingerprint density at radius 2 is 1.78 bits per heavy atom. The molecule has 4 aromatic rings. The Labute approximate surface area is 187 Å². The molecule has 0 saturated carbocycles. The summed E-state index contributed by atoms with van der Waals surface area (Å²) >= 11 is 0. The molecule has 1 saturated heterocycles. The van der Waals surface area contributed by atoms with Crippen LogP contribution in [0.2, 0.25) is 0 Å². The molecule has 0 spiro atoms. The molecule has 1 unspecified atom stereocenters. The van der Waals surface area contributed by atoms with Crippen LogP contribution >= 0.6 is 0 Å². The fraction of sp³-hybridized carbons (Fsp3) is 0.320. The van der Waals surface area contributed by atoms with Gasteiger partial charge >= 0.3 is 0 Å². The number of piperazine rings is 1. The second kappa shape index (κ2) is 8.68. The first-order chi connectivity index (χ1) is 15.6. The van der Waals surface area contributed by atoms with Gasteiger partial charge in [-0.3, -0.25) is 14.6 Å². The molecule has 7 heteroatoms. The van der Waals surface area contributed by atoms with Gasteiger partial charge in [-0.1, -0.05) is 53.7 Å². The number of hydrogen-bond donors (Lipinski definition) is 1. The minimum absolute atomic E-state index is 0.0358. The molecule has 0 amide bonds. The van der Waals surface area contributed by atoms with Gasteiger partial charge in [0.1, 0.15) is 0 Å². The van der Waals surface area contributed by atoms with Gasteiger partial charge in [0.15, 0.2) is 5.78 Å². The third-order valence-electron chi connectivity index (χ3n) is 6.33. The molecular weight excluding hydrogens is 402 g/mol. The number of aromatic nitrogens is 3. The van der Waals surface area contributed by atoms with Gasteiger partial charge in [-0.15, -0.1) is 0 Å². The van der Waals surface area contributed by atoms with Gasteiger partial charge < -0.3 is 9.51 Å². The highest BCUT2D eigenvalue weighted by atomic mass is 16.5. The Balaban J connectivity index is 1.20. The number of rotatable bonds is 6. The molecule has 1 atom stereocenters. The lowest BCUT2D eigenvalue weighted by Gasteiger charge is -2.36. The predicted octanol–water partition coefficient (Wildman–Crippen LogP) is 4.09. The summed E-state index contributed by atoms with van der Waals surface area (Å²) < 4.78 is 5.55. The van der Waals surface area contributed by atoms with Gasteiger partial charge in [-0.2, -0.15) is 4.98 Å². The quantitative estimate of drug-likeness (QED) is 0.465. The number of benzene rings is 2. The highest BCUT2D eigenvalue weighted by Gasteiger charge is 2.27. The van der Waals surface area contributed by atoms with E-state index in [1.54, 1.807) is 0 Å². The van der Waals surface area contributed by atoms with Gasteiger partial charge in [0, 0.05) is 53.9 Å². The first-order valence-corrected chi connectivity index (χ1v) is 11.1. The first-order valence-electron chi connectivity index (χ1n) is 11.1. The van der Waals surface area contributed by atoms with E-state index in [2.05, 4.69) is 31.8 Å². The number of aromatic amines is 1. The number of Topliss-reactive ketones (excluding diaryl/α,β-unsaturated/α-hetero) is 1. The number of nitrogens with one attached hydrogen (secondary N) is 1. The fourth-order valence-electron chi connectivity index (χ4n) is 4.49. The van der Waals surface area contributed by atoms with E-state index < -0.39 is 0 Å². The standard InChI is InChI=1S/C25H27N5O2/c1-17-23(20-10-6-7-11-21(20)26-17)22(31)16-29-12-14-30(15-13-29)18(2)25-27-24(28-32-25)19-8-4-3-5-9-19/h3-11,18,26H,12-16H2,1-2H3. The van der Waals surface area contributed by atoms with Crippen LogP contribution in [0.5, 0.6) is 0 Å². The van der Waals surface area contributed by atoms with Crippen molar-refractivity contribution in [1.82, 2.24) is 24.9 Å². The molecule has 1 aliphatic heterocycles. The number of ketones is 1. The smallest absolute Gasteiger partial charge is 0.244 e. The van der Waals surface area contributed by atoms with Gasteiger partial charge in [-0.25, -0.2) is 0 Å². The van der Waals surface area contributed by atoms with E-state index in [0.717, 1.165) is 53.9 Å². The highest BCUT2D eigenvalue weighted by molar-refractivity contribution is 6.10. The van der Waals surface area contributed by atoms with Crippen molar-refractivity contribution >= 4 is 16.7 Å². The van der Waals surface area contributed by atoms with Crippen LogP contribution in [0.4, 0.5) is 0 Å². The number of hydrogen-bond acceptors (Lipinski definition) is 6. The minimum atomic E-state index is 0.0358. The van der Waals surface area contributed by atoms with E-state index in [9.17, 15) is 4.79 Å². The fourth-order valence-corrected chi connectivity index (χ4v) is 4.49. The topological polar surface area (TPSA) is 78.3 Å². The van der Waals surface area contributed by atoms with Crippen LogP contribution in [0.15, 0.2) is 59.1 Å². The zero-order valence-electron chi connectivity index (χ0n) is 18.4. The molecule has 3 heterocycles. The van der Waals surface area contributed by atoms with Crippen molar-refractivity contribution in [3.05, 3.63) is 71.7 Å². The number of para-hydroxylation sites is 1. The molecule has 7 nitrogen and oxygen atoms in total. The Morgan fingerprint density at radius 1 is 1.06 bits per heavy atom. The van der Waals surface area contributed by atoms with Crippen LogP contribution in [0.25, 0.3) is 22.3 Å². The Hall–Kier alpha value is -3.29. The van der Waals surface area contributed by atoms with Crippen molar-refractivity contribution in [2.24, 2.45) is 0 Å². The molecule has 1 aliphatic rings. The maximum Gasteiger partial charge on any atom is 0.244 e. The van der Waals surface area contributed by atoms with E-state index in [-0.39, 0.29) is 11.8 Å². The Morgan fingerprint density at radius 3 is 2.56 bits per heavy atom. The molecule has 5 rings (SSSR count). The summed E-state index contributed by atoms with van der Waals surface area (Å²) in [7, 11) is 0. The van der Waals surface area contributed by atoms with Crippen LogP contribution in [-0.2, 0) is 0 Å². The van der Waals surface area contributed by atoms with Crippen LogP contribution in [0, 0.1) is 6.92 Å². The summed E-state index contributed by atoms with van der Waals surface area (Å²) in [5.41, 5.74) is 3.72. The van der Waals surface area contributed by atoms with E-state index in [1.165, 1.54) is 0 Å². The lowest BCUT2D eigenvalue weighted by molar-refractivity contribution is 0.0738. The molecule has 0 radical (unpaired) electrons. The average Bonchev–Trinajstić information content (AvgIpc) is 3.44. The van der Waals surface area contributed by atoms with Gasteiger partial charge in [0.25, 0.3) is 0 Å². The SMILES string of the molecule is Cc1[nH]c2ccccc2c1C(=O)CN1CCN(C(C)c2nc(-c3ccccc3)no2)CC1. The van der Waals surface area contributed by atoms with Crippen LogP contribution in [0.3, 0.4) is 0 Å². The van der Waals surface area contributed by atoms with Crippen molar-refractivity contribution < 1.29 is 9.32 Å². The number of aryl methyl sites for hydroxylation is 1. The molecule has 32 heavy (non-hydrogen) atoms. The molecule has 0 aliphatic carbocycles. The maximum absolute atomic E-state index is 13.1. The minimum Gasteiger partial charge on any atom is -0.358 e. The zero-order valence-corrected chi connectivity index (χ0v) is 18.4. The second-order valence-corrected chi connectivity index (χ2v) is 8.40. The molecule has 1 fully saturated rings. The van der Waals surface area contributed by atoms with Crippen molar-refractivity contribution in [2.75, 3.05) is 32.7 Å². The van der Waals surface area contributed by atoms with E-state index >= 15 is 0 Å². The first kappa shape index (κ1) is 20.6. The van der Waals surface area contributed by atoms with E-state index in [4.69, 9.17) is 4.52 Å². The van der Waals surface area contributed by atoms with E-state index in [1.807, 2.05) is 61.5 Å². The van der Waals surface area contributed by atoms with Gasteiger partial charge in [0.2, 0.25) is 11.7 Å². The van der Waals surface area contributed by atoms with Crippen LogP contribution < -0.4 is 0 Å².